The van der Waals surface area contributed by atoms with Crippen LogP contribution in [0.1, 0.15) is 73.6 Å². The third-order valence-electron chi connectivity index (χ3n) is 8.71. The monoisotopic (exact) mass is 555 g/mol. The number of aromatic nitrogens is 1. The van der Waals surface area contributed by atoms with E-state index in [0.717, 1.165) is 41.2 Å². The number of carbonyl (C=O) groups excluding carboxylic acids is 1. The number of rotatable bonds is 8. The van der Waals surface area contributed by atoms with Crippen molar-refractivity contribution in [3.8, 4) is 11.1 Å². The van der Waals surface area contributed by atoms with Crippen molar-refractivity contribution in [2.75, 3.05) is 18.0 Å². The number of carbonyl (C=O) groups is 2. The van der Waals surface area contributed by atoms with Crippen LogP contribution in [0.5, 0.6) is 0 Å². The zero-order valence-electron chi connectivity index (χ0n) is 25.1. The van der Waals surface area contributed by atoms with E-state index in [2.05, 4.69) is 24.1 Å². The molecule has 2 aliphatic rings. The molecular formula is C34H41N3O4. The summed E-state index contributed by atoms with van der Waals surface area (Å²) >= 11 is 0. The first-order chi connectivity index (χ1) is 19.3. The number of nitrogens with one attached hydrogen (secondary N) is 1. The topological polar surface area (TPSA) is 91.8 Å². The number of aryl methyl sites for hydroxylation is 2. The highest BCUT2D eigenvalue weighted by molar-refractivity contribution is 5.95. The summed E-state index contributed by atoms with van der Waals surface area (Å²) in [6.45, 7) is 16.3. The molecular weight excluding hydrogens is 514 g/mol. The SMILES string of the molecule is Cc1nc(C)c([C@H](OC(C)(C)C)C(=O)O)c(N2CC3C(C2)C3(C)C)c1-c1ccc(C(=O)NCc2ccccc2)cc1. The summed E-state index contributed by atoms with van der Waals surface area (Å²) in [5, 5.41) is 13.4. The van der Waals surface area contributed by atoms with Crippen LogP contribution in [0.25, 0.3) is 11.1 Å². The van der Waals surface area contributed by atoms with Gasteiger partial charge in [-0.25, -0.2) is 4.79 Å². The molecule has 1 saturated heterocycles. The predicted octanol–water partition coefficient (Wildman–Crippen LogP) is 6.33. The molecule has 0 bridgehead atoms. The van der Waals surface area contributed by atoms with E-state index in [1.165, 1.54) is 0 Å². The van der Waals surface area contributed by atoms with Gasteiger partial charge >= 0.3 is 5.97 Å². The van der Waals surface area contributed by atoms with E-state index < -0.39 is 17.7 Å². The number of amides is 1. The number of nitrogens with zero attached hydrogens (tertiary/aromatic N) is 2. The molecule has 0 spiro atoms. The molecule has 2 N–H and O–H groups in total. The standard InChI is InChI=1S/C34H41N3O4/c1-20-27(23-13-15-24(16-14-23)31(38)35-17-22-11-9-8-10-12-22)29(37-18-25-26(19-37)34(25,6)7)28(21(2)36-20)30(32(39)40)41-33(3,4)5/h8-16,25-26,30H,17-19H2,1-7H3,(H,35,38)(H,39,40)/t25?,26?,30-/m0/s1. The summed E-state index contributed by atoms with van der Waals surface area (Å²) in [4.78, 5) is 32.8. The Bertz CT molecular complexity index is 1440. The number of piperidine rings is 1. The second kappa shape index (κ2) is 10.6. The first-order valence-corrected chi connectivity index (χ1v) is 14.4. The third kappa shape index (κ3) is 5.73. The molecule has 2 aromatic carbocycles. The van der Waals surface area contributed by atoms with Crippen molar-refractivity contribution in [3.63, 3.8) is 0 Å². The second-order valence-corrected chi connectivity index (χ2v) is 13.1. The van der Waals surface area contributed by atoms with Crippen molar-refractivity contribution < 1.29 is 19.4 Å². The minimum atomic E-state index is -1.16. The van der Waals surface area contributed by atoms with Crippen molar-refractivity contribution >= 4 is 17.6 Å². The van der Waals surface area contributed by atoms with E-state index in [1.54, 1.807) is 0 Å². The van der Waals surface area contributed by atoms with Gasteiger partial charge in [-0.3, -0.25) is 9.78 Å². The summed E-state index contributed by atoms with van der Waals surface area (Å²) in [5.41, 5.74) is 6.00. The molecule has 1 aromatic heterocycles. The van der Waals surface area contributed by atoms with Crippen LogP contribution in [0, 0.1) is 31.1 Å². The average molecular weight is 556 g/mol. The summed E-state index contributed by atoms with van der Waals surface area (Å²) in [5.74, 6) is -0.0404. The summed E-state index contributed by atoms with van der Waals surface area (Å²) in [6, 6.07) is 17.3. The van der Waals surface area contributed by atoms with E-state index >= 15 is 0 Å². The van der Waals surface area contributed by atoms with Gasteiger partial charge in [0.1, 0.15) is 0 Å². The number of aliphatic carboxylic acids is 1. The number of hydrogen-bond donors (Lipinski definition) is 2. The van der Waals surface area contributed by atoms with Gasteiger partial charge in [0.25, 0.3) is 5.91 Å². The predicted molar refractivity (Wildman–Crippen MR) is 161 cm³/mol. The third-order valence-corrected chi connectivity index (χ3v) is 8.71. The van der Waals surface area contributed by atoms with Crippen LogP contribution in [0.15, 0.2) is 54.6 Å². The molecule has 1 aliphatic heterocycles. The molecule has 3 aromatic rings. The van der Waals surface area contributed by atoms with Crippen molar-refractivity contribution in [1.29, 1.82) is 0 Å². The summed E-state index contributed by atoms with van der Waals surface area (Å²) in [6.07, 6.45) is -1.16. The Kier molecular flexibility index (Phi) is 7.45. The smallest absolute Gasteiger partial charge is 0.337 e. The van der Waals surface area contributed by atoms with Crippen molar-refractivity contribution in [3.05, 3.63) is 82.7 Å². The Morgan fingerprint density at radius 3 is 2.20 bits per heavy atom. The van der Waals surface area contributed by atoms with E-state index in [9.17, 15) is 14.7 Å². The number of benzene rings is 2. The summed E-state index contributed by atoms with van der Waals surface area (Å²) in [7, 11) is 0. The number of carboxylic acid groups (broad SMARTS) is 1. The Morgan fingerprint density at radius 1 is 1.02 bits per heavy atom. The number of pyridine rings is 1. The highest BCUT2D eigenvalue weighted by Crippen LogP contribution is 2.63. The Balaban J connectivity index is 1.54. The lowest BCUT2D eigenvalue weighted by molar-refractivity contribution is -0.160. The van der Waals surface area contributed by atoms with E-state index in [-0.39, 0.29) is 5.91 Å². The Hall–Kier alpha value is -3.71. The lowest BCUT2D eigenvalue weighted by atomic mass is 9.92. The van der Waals surface area contributed by atoms with Crippen LogP contribution in [-0.2, 0) is 16.1 Å². The molecule has 7 nitrogen and oxygen atoms in total. The highest BCUT2D eigenvalue weighted by Gasteiger charge is 2.62. The van der Waals surface area contributed by atoms with Crippen LogP contribution in [-0.4, -0.2) is 40.7 Å². The largest absolute Gasteiger partial charge is 0.479 e. The molecule has 3 atom stereocenters. The van der Waals surface area contributed by atoms with Gasteiger partial charge in [-0.15, -0.1) is 0 Å². The summed E-state index contributed by atoms with van der Waals surface area (Å²) < 4.78 is 6.17. The van der Waals surface area contributed by atoms with Crippen molar-refractivity contribution in [1.82, 2.24) is 10.3 Å². The van der Waals surface area contributed by atoms with E-state index in [1.807, 2.05) is 89.2 Å². The fourth-order valence-corrected chi connectivity index (χ4v) is 6.40. The molecule has 41 heavy (non-hydrogen) atoms. The molecule has 0 radical (unpaired) electrons. The molecule has 1 amide bonds. The molecule has 7 heteroatoms. The highest BCUT2D eigenvalue weighted by atomic mass is 16.5. The molecule has 5 rings (SSSR count). The zero-order valence-corrected chi connectivity index (χ0v) is 25.1. The maximum atomic E-state index is 12.9. The van der Waals surface area contributed by atoms with Crippen LogP contribution in [0.2, 0.25) is 0 Å². The van der Waals surface area contributed by atoms with Gasteiger partial charge in [0.2, 0.25) is 0 Å². The first kappa shape index (κ1) is 28.8. The fraction of sp³-hybridized carbons (Fsp3) is 0.441. The van der Waals surface area contributed by atoms with Crippen LogP contribution in [0.3, 0.4) is 0 Å². The Labute approximate surface area is 242 Å². The lowest BCUT2D eigenvalue weighted by Crippen LogP contribution is -2.33. The zero-order chi connectivity index (χ0) is 29.7. The molecule has 2 unspecified atom stereocenters. The van der Waals surface area contributed by atoms with Gasteiger partial charge in [-0.2, -0.15) is 0 Å². The van der Waals surface area contributed by atoms with E-state index in [4.69, 9.17) is 9.72 Å². The first-order valence-electron chi connectivity index (χ1n) is 14.4. The molecule has 2 fully saturated rings. The fourth-order valence-electron chi connectivity index (χ4n) is 6.40. The number of anilines is 1. The maximum Gasteiger partial charge on any atom is 0.337 e. The van der Waals surface area contributed by atoms with E-state index in [0.29, 0.717) is 40.6 Å². The average Bonchev–Trinajstić information content (AvgIpc) is 3.22. The second-order valence-electron chi connectivity index (χ2n) is 13.1. The number of ether oxygens (including phenoxy) is 1. The van der Waals surface area contributed by atoms with Gasteiger partial charge in [0.15, 0.2) is 6.10 Å². The van der Waals surface area contributed by atoms with Gasteiger partial charge in [0.05, 0.1) is 11.3 Å². The van der Waals surface area contributed by atoms with Crippen molar-refractivity contribution in [2.24, 2.45) is 17.3 Å². The van der Waals surface area contributed by atoms with Gasteiger partial charge in [-0.1, -0.05) is 56.3 Å². The molecule has 216 valence electrons. The van der Waals surface area contributed by atoms with Crippen LogP contribution >= 0.6 is 0 Å². The van der Waals surface area contributed by atoms with Gasteiger partial charge < -0.3 is 20.1 Å². The maximum absolute atomic E-state index is 12.9. The number of carboxylic acids is 1. The lowest BCUT2D eigenvalue weighted by Gasteiger charge is -2.34. The van der Waals surface area contributed by atoms with Crippen molar-refractivity contribution in [2.45, 2.75) is 66.7 Å². The molecule has 1 saturated carbocycles. The molecule has 1 aliphatic carbocycles. The quantitative estimate of drug-likeness (QED) is 0.338. The number of hydrogen-bond acceptors (Lipinski definition) is 5. The van der Waals surface area contributed by atoms with Crippen LogP contribution in [0.4, 0.5) is 5.69 Å². The number of fused-ring (bicyclic) bond motifs is 1. The Morgan fingerprint density at radius 2 is 1.63 bits per heavy atom. The molecule has 2 heterocycles. The van der Waals surface area contributed by atoms with Gasteiger partial charge in [0, 0.05) is 47.7 Å². The van der Waals surface area contributed by atoms with Crippen LogP contribution < -0.4 is 10.2 Å². The van der Waals surface area contributed by atoms with Gasteiger partial charge in [-0.05, 0) is 75.1 Å². The minimum absolute atomic E-state index is 0.147. The minimum Gasteiger partial charge on any atom is -0.479 e. The normalized spacial score (nSPS) is 19.9.